The summed E-state index contributed by atoms with van der Waals surface area (Å²) in [5.41, 5.74) is 2.57. The zero-order chi connectivity index (χ0) is 13.5. The minimum atomic E-state index is 0. The Labute approximate surface area is 141 Å². The van der Waals surface area contributed by atoms with E-state index in [0.29, 0.717) is 0 Å². The molecule has 0 amide bonds. The Bertz CT molecular complexity index is 511. The van der Waals surface area contributed by atoms with Crippen molar-refractivity contribution in [2.24, 2.45) is 4.99 Å². The molecule has 1 N–H and O–H groups in total. The fraction of sp³-hybridized carbons (Fsp3) is 0.267. The standard InChI is InChI=1S/C15H19N3S.HI/c1-16-15(17-10-14-8-9-19-12-14)18(2)11-13-6-4-3-5-7-13;/h3-9,12H,10-11H2,1-2H3,(H,16,17);1H. The van der Waals surface area contributed by atoms with Crippen molar-refractivity contribution in [1.29, 1.82) is 0 Å². The lowest BCUT2D eigenvalue weighted by Crippen LogP contribution is -2.37. The van der Waals surface area contributed by atoms with E-state index in [1.807, 2.05) is 13.1 Å². The molecule has 0 saturated carbocycles. The molecule has 0 aliphatic carbocycles. The third-order valence-corrected chi connectivity index (χ3v) is 3.60. The van der Waals surface area contributed by atoms with Crippen LogP contribution >= 0.6 is 35.3 Å². The van der Waals surface area contributed by atoms with Gasteiger partial charge in [0.15, 0.2) is 5.96 Å². The molecule has 1 aromatic heterocycles. The molecule has 20 heavy (non-hydrogen) atoms. The number of thiophene rings is 1. The second-order valence-corrected chi connectivity index (χ2v) is 5.15. The lowest BCUT2D eigenvalue weighted by molar-refractivity contribution is 0.476. The Balaban J connectivity index is 0.00000200. The Hall–Kier alpha value is -1.08. The molecule has 0 unspecified atom stereocenters. The van der Waals surface area contributed by atoms with Crippen LogP contribution in [-0.2, 0) is 13.1 Å². The maximum absolute atomic E-state index is 4.32. The normalized spacial score (nSPS) is 10.8. The molecule has 2 rings (SSSR count). The van der Waals surface area contributed by atoms with Crippen LogP contribution in [0.15, 0.2) is 52.2 Å². The van der Waals surface area contributed by atoms with Crippen molar-refractivity contribution in [3.63, 3.8) is 0 Å². The van der Waals surface area contributed by atoms with Gasteiger partial charge in [0.2, 0.25) is 0 Å². The first kappa shape index (κ1) is 17.0. The predicted molar refractivity (Wildman–Crippen MR) is 97.8 cm³/mol. The van der Waals surface area contributed by atoms with Gasteiger partial charge in [0.1, 0.15) is 0 Å². The summed E-state index contributed by atoms with van der Waals surface area (Å²) >= 11 is 1.72. The van der Waals surface area contributed by atoms with E-state index in [9.17, 15) is 0 Å². The van der Waals surface area contributed by atoms with E-state index in [4.69, 9.17) is 0 Å². The molecule has 0 fully saturated rings. The summed E-state index contributed by atoms with van der Waals surface area (Å²) < 4.78 is 0. The van der Waals surface area contributed by atoms with Gasteiger partial charge in [-0.25, -0.2) is 0 Å². The number of nitrogens with zero attached hydrogens (tertiary/aromatic N) is 2. The minimum Gasteiger partial charge on any atom is -0.352 e. The first-order chi connectivity index (χ1) is 9.29. The van der Waals surface area contributed by atoms with Gasteiger partial charge in [0.05, 0.1) is 0 Å². The van der Waals surface area contributed by atoms with E-state index in [0.717, 1.165) is 19.0 Å². The number of rotatable bonds is 4. The maximum Gasteiger partial charge on any atom is 0.193 e. The molecule has 0 bridgehead atoms. The highest BCUT2D eigenvalue weighted by Crippen LogP contribution is 2.06. The third-order valence-electron chi connectivity index (χ3n) is 2.87. The molecule has 108 valence electrons. The van der Waals surface area contributed by atoms with Crippen LogP contribution in [0.2, 0.25) is 0 Å². The molecule has 0 spiro atoms. The topological polar surface area (TPSA) is 27.6 Å². The van der Waals surface area contributed by atoms with Gasteiger partial charge in [0, 0.05) is 27.2 Å². The van der Waals surface area contributed by atoms with Crippen molar-refractivity contribution < 1.29 is 0 Å². The van der Waals surface area contributed by atoms with Crippen LogP contribution in [0.3, 0.4) is 0 Å². The monoisotopic (exact) mass is 401 g/mol. The first-order valence-corrected chi connectivity index (χ1v) is 7.20. The number of aliphatic imine (C=N–C) groups is 1. The Morgan fingerprint density at radius 3 is 2.55 bits per heavy atom. The molecular formula is C15H20IN3S. The highest BCUT2D eigenvalue weighted by molar-refractivity contribution is 14.0. The fourth-order valence-corrected chi connectivity index (χ4v) is 2.56. The van der Waals surface area contributed by atoms with Gasteiger partial charge in [-0.05, 0) is 28.0 Å². The summed E-state index contributed by atoms with van der Waals surface area (Å²) in [7, 11) is 3.87. The van der Waals surface area contributed by atoms with Crippen LogP contribution in [-0.4, -0.2) is 25.0 Å². The van der Waals surface area contributed by atoms with Gasteiger partial charge in [0.25, 0.3) is 0 Å². The van der Waals surface area contributed by atoms with Crippen LogP contribution in [0.25, 0.3) is 0 Å². The van der Waals surface area contributed by atoms with E-state index in [-0.39, 0.29) is 24.0 Å². The first-order valence-electron chi connectivity index (χ1n) is 6.26. The lowest BCUT2D eigenvalue weighted by atomic mass is 10.2. The number of hydrogen-bond acceptors (Lipinski definition) is 2. The molecule has 1 aromatic carbocycles. The SMILES string of the molecule is CN=C(NCc1ccsc1)N(C)Cc1ccccc1.I. The van der Waals surface area contributed by atoms with Crippen molar-refractivity contribution in [1.82, 2.24) is 10.2 Å². The van der Waals surface area contributed by atoms with Gasteiger partial charge in [-0.3, -0.25) is 4.99 Å². The predicted octanol–water partition coefficient (Wildman–Crippen LogP) is 3.57. The Kier molecular flexibility index (Phi) is 7.61. The van der Waals surface area contributed by atoms with E-state index in [2.05, 4.69) is 63.3 Å². The number of hydrogen-bond donors (Lipinski definition) is 1. The zero-order valence-corrected chi connectivity index (χ0v) is 14.9. The molecule has 2 aromatic rings. The summed E-state index contributed by atoms with van der Waals surface area (Å²) in [4.78, 5) is 6.45. The van der Waals surface area contributed by atoms with Crippen LogP contribution in [0.5, 0.6) is 0 Å². The van der Waals surface area contributed by atoms with Crippen LogP contribution in [0.1, 0.15) is 11.1 Å². The molecule has 5 heteroatoms. The Morgan fingerprint density at radius 2 is 1.95 bits per heavy atom. The average Bonchev–Trinajstić information content (AvgIpc) is 2.94. The molecule has 0 atom stereocenters. The largest absolute Gasteiger partial charge is 0.352 e. The summed E-state index contributed by atoms with van der Waals surface area (Å²) in [6.45, 7) is 1.67. The van der Waals surface area contributed by atoms with Gasteiger partial charge < -0.3 is 10.2 Å². The van der Waals surface area contributed by atoms with Gasteiger partial charge in [-0.2, -0.15) is 11.3 Å². The molecule has 1 heterocycles. The highest BCUT2D eigenvalue weighted by atomic mass is 127. The summed E-state index contributed by atoms with van der Waals surface area (Å²) in [6.07, 6.45) is 0. The number of guanidine groups is 1. The van der Waals surface area contributed by atoms with Crippen molar-refractivity contribution in [3.05, 3.63) is 58.3 Å². The minimum absolute atomic E-state index is 0. The van der Waals surface area contributed by atoms with Crippen molar-refractivity contribution >= 4 is 41.3 Å². The van der Waals surface area contributed by atoms with Gasteiger partial charge in [-0.15, -0.1) is 24.0 Å². The maximum atomic E-state index is 4.32. The summed E-state index contributed by atoms with van der Waals surface area (Å²) in [5.74, 6) is 0.912. The fourth-order valence-electron chi connectivity index (χ4n) is 1.89. The van der Waals surface area contributed by atoms with Crippen LogP contribution in [0, 0.1) is 0 Å². The van der Waals surface area contributed by atoms with Crippen LogP contribution in [0.4, 0.5) is 0 Å². The smallest absolute Gasteiger partial charge is 0.193 e. The molecule has 0 aliphatic rings. The van der Waals surface area contributed by atoms with E-state index >= 15 is 0 Å². The van der Waals surface area contributed by atoms with E-state index in [1.54, 1.807) is 11.3 Å². The van der Waals surface area contributed by atoms with Crippen molar-refractivity contribution in [2.75, 3.05) is 14.1 Å². The zero-order valence-electron chi connectivity index (χ0n) is 11.7. The third kappa shape index (κ3) is 5.13. The van der Waals surface area contributed by atoms with Gasteiger partial charge in [-0.1, -0.05) is 30.3 Å². The second-order valence-electron chi connectivity index (χ2n) is 4.37. The number of nitrogens with one attached hydrogen (secondary N) is 1. The molecule has 0 saturated heterocycles. The molecule has 0 radical (unpaired) electrons. The number of benzene rings is 1. The molecular weight excluding hydrogens is 381 g/mol. The molecule has 0 aliphatic heterocycles. The van der Waals surface area contributed by atoms with Gasteiger partial charge >= 0.3 is 0 Å². The quantitative estimate of drug-likeness (QED) is 0.482. The summed E-state index contributed by atoms with van der Waals surface area (Å²) in [6, 6.07) is 12.5. The lowest BCUT2D eigenvalue weighted by Gasteiger charge is -2.22. The Morgan fingerprint density at radius 1 is 1.20 bits per heavy atom. The van der Waals surface area contributed by atoms with Crippen molar-refractivity contribution in [3.8, 4) is 0 Å². The van der Waals surface area contributed by atoms with Crippen LogP contribution < -0.4 is 5.32 Å². The van der Waals surface area contributed by atoms with Crippen molar-refractivity contribution in [2.45, 2.75) is 13.1 Å². The van der Waals surface area contributed by atoms with E-state index in [1.165, 1.54) is 11.1 Å². The van der Waals surface area contributed by atoms with E-state index < -0.39 is 0 Å². The summed E-state index contributed by atoms with van der Waals surface area (Å²) in [5, 5.41) is 7.62. The average molecular weight is 401 g/mol. The number of halogens is 1. The second kappa shape index (κ2) is 8.97. The molecule has 3 nitrogen and oxygen atoms in total. The highest BCUT2D eigenvalue weighted by Gasteiger charge is 2.06.